The highest BCUT2D eigenvalue weighted by Crippen LogP contribution is 2.21. The summed E-state index contributed by atoms with van der Waals surface area (Å²) in [5.41, 5.74) is 5.46. The Bertz CT molecular complexity index is 987. The number of hydrogen-bond acceptors (Lipinski definition) is 4. The molecule has 0 aliphatic rings. The number of carbonyl (C=O) groups excluding carboxylic acids is 1. The third kappa shape index (κ3) is 3.40. The maximum absolute atomic E-state index is 12.2. The quantitative estimate of drug-likeness (QED) is 0.651. The number of aromatic amines is 1. The van der Waals surface area contributed by atoms with Crippen molar-refractivity contribution in [2.75, 3.05) is 0 Å². The number of benzene rings is 2. The van der Waals surface area contributed by atoms with Crippen LogP contribution in [0, 0.1) is 0 Å². The first-order chi connectivity index (χ1) is 11.9. The summed E-state index contributed by atoms with van der Waals surface area (Å²) >= 11 is 5.97. The average Bonchev–Trinajstić information content (AvgIpc) is 2.60. The molecule has 1 heterocycles. The number of halogens is 1. The Morgan fingerprint density at radius 3 is 2.68 bits per heavy atom. The SMILES string of the molecule is CC(NCc1nc2cc(Cl)ccc2c(=O)[nH]1)(C(N)=O)c1ccccc1. The number of carbonyl (C=O) groups is 1. The molecule has 4 N–H and O–H groups in total. The molecule has 1 atom stereocenters. The smallest absolute Gasteiger partial charge is 0.258 e. The van der Waals surface area contributed by atoms with E-state index in [4.69, 9.17) is 17.3 Å². The maximum Gasteiger partial charge on any atom is 0.258 e. The molecule has 0 saturated heterocycles. The van der Waals surface area contributed by atoms with E-state index >= 15 is 0 Å². The van der Waals surface area contributed by atoms with Crippen LogP contribution in [0.25, 0.3) is 10.9 Å². The molecule has 1 aromatic heterocycles. The Labute approximate surface area is 149 Å². The van der Waals surface area contributed by atoms with Gasteiger partial charge in [-0.1, -0.05) is 41.9 Å². The van der Waals surface area contributed by atoms with Gasteiger partial charge in [0.05, 0.1) is 17.4 Å². The van der Waals surface area contributed by atoms with Crippen LogP contribution in [0.4, 0.5) is 0 Å². The number of fused-ring (bicyclic) bond motifs is 1. The van der Waals surface area contributed by atoms with E-state index in [-0.39, 0.29) is 12.1 Å². The van der Waals surface area contributed by atoms with Crippen molar-refractivity contribution in [3.05, 3.63) is 75.3 Å². The van der Waals surface area contributed by atoms with E-state index in [2.05, 4.69) is 15.3 Å². The number of aromatic nitrogens is 2. The van der Waals surface area contributed by atoms with Gasteiger partial charge in [-0.2, -0.15) is 0 Å². The fourth-order valence-corrected chi connectivity index (χ4v) is 2.77. The minimum absolute atomic E-state index is 0.159. The van der Waals surface area contributed by atoms with Gasteiger partial charge >= 0.3 is 0 Å². The minimum atomic E-state index is -1.09. The highest BCUT2D eigenvalue weighted by atomic mass is 35.5. The zero-order valence-corrected chi connectivity index (χ0v) is 14.3. The monoisotopic (exact) mass is 356 g/mol. The molecule has 1 unspecified atom stereocenters. The van der Waals surface area contributed by atoms with Crippen molar-refractivity contribution in [2.24, 2.45) is 5.73 Å². The Balaban J connectivity index is 1.93. The number of amides is 1. The van der Waals surface area contributed by atoms with E-state index in [9.17, 15) is 9.59 Å². The Morgan fingerprint density at radius 2 is 2.00 bits per heavy atom. The first-order valence-corrected chi connectivity index (χ1v) is 8.07. The maximum atomic E-state index is 12.2. The molecule has 3 aromatic rings. The van der Waals surface area contributed by atoms with Gasteiger partial charge in [-0.15, -0.1) is 0 Å². The standard InChI is InChI=1S/C18H17ClN4O2/c1-18(17(20)25,11-5-3-2-4-6-11)21-10-15-22-14-9-12(19)7-8-13(14)16(24)23-15/h2-9,21H,10H2,1H3,(H2,20,25)(H,22,23,24). The molecule has 3 rings (SSSR count). The first kappa shape index (κ1) is 17.1. The molecule has 128 valence electrons. The number of nitrogens with two attached hydrogens (primary N) is 1. The van der Waals surface area contributed by atoms with Crippen molar-refractivity contribution >= 4 is 28.4 Å². The second-order valence-electron chi connectivity index (χ2n) is 5.88. The highest BCUT2D eigenvalue weighted by molar-refractivity contribution is 6.31. The van der Waals surface area contributed by atoms with Crippen molar-refractivity contribution in [1.82, 2.24) is 15.3 Å². The summed E-state index contributed by atoms with van der Waals surface area (Å²) in [4.78, 5) is 31.3. The van der Waals surface area contributed by atoms with E-state index in [1.54, 1.807) is 25.1 Å². The molecule has 1 amide bonds. The molecule has 0 fully saturated rings. The lowest BCUT2D eigenvalue weighted by Crippen LogP contribution is -2.50. The lowest BCUT2D eigenvalue weighted by atomic mass is 9.91. The van der Waals surface area contributed by atoms with Crippen LogP contribution in [-0.4, -0.2) is 15.9 Å². The Kier molecular flexibility index (Phi) is 4.57. The zero-order valence-electron chi connectivity index (χ0n) is 13.5. The van der Waals surface area contributed by atoms with Gasteiger partial charge in [0.25, 0.3) is 5.56 Å². The van der Waals surface area contributed by atoms with Gasteiger partial charge in [-0.3, -0.25) is 14.9 Å². The van der Waals surface area contributed by atoms with Gasteiger partial charge in [0.2, 0.25) is 5.91 Å². The molecule has 7 heteroatoms. The summed E-state index contributed by atoms with van der Waals surface area (Å²) in [5.74, 6) is -0.131. The van der Waals surface area contributed by atoms with E-state index in [1.165, 1.54) is 0 Å². The number of rotatable bonds is 5. The predicted octanol–water partition coefficient (Wildman–Crippen LogP) is 2.07. The molecule has 6 nitrogen and oxygen atoms in total. The Morgan fingerprint density at radius 1 is 1.28 bits per heavy atom. The summed E-state index contributed by atoms with van der Waals surface area (Å²) in [6, 6.07) is 14.0. The van der Waals surface area contributed by atoms with Crippen LogP contribution in [0.3, 0.4) is 0 Å². The van der Waals surface area contributed by atoms with Gasteiger partial charge in [0.15, 0.2) is 0 Å². The zero-order chi connectivity index (χ0) is 18.0. The van der Waals surface area contributed by atoms with Crippen molar-refractivity contribution in [2.45, 2.75) is 19.0 Å². The Hall–Kier alpha value is -2.70. The third-order valence-electron chi connectivity index (χ3n) is 4.17. The number of H-pyrrole nitrogens is 1. The number of nitrogens with one attached hydrogen (secondary N) is 2. The second-order valence-corrected chi connectivity index (χ2v) is 6.32. The van der Waals surface area contributed by atoms with Crippen LogP contribution in [0.15, 0.2) is 53.3 Å². The molecule has 25 heavy (non-hydrogen) atoms. The van der Waals surface area contributed by atoms with Crippen LogP contribution >= 0.6 is 11.6 Å². The topological polar surface area (TPSA) is 101 Å². The summed E-state index contributed by atoms with van der Waals surface area (Å²) in [6.07, 6.45) is 0. The van der Waals surface area contributed by atoms with Crippen LogP contribution in [0.5, 0.6) is 0 Å². The van der Waals surface area contributed by atoms with Crippen molar-refractivity contribution < 1.29 is 4.79 Å². The van der Waals surface area contributed by atoms with Gasteiger partial charge in [-0.05, 0) is 30.7 Å². The van der Waals surface area contributed by atoms with Gasteiger partial charge in [0, 0.05) is 5.02 Å². The van der Waals surface area contributed by atoms with Crippen molar-refractivity contribution in [1.29, 1.82) is 0 Å². The van der Waals surface area contributed by atoms with Crippen LogP contribution in [0.1, 0.15) is 18.3 Å². The summed E-state index contributed by atoms with van der Waals surface area (Å²) < 4.78 is 0. The van der Waals surface area contributed by atoms with E-state index in [0.29, 0.717) is 21.7 Å². The molecule has 0 saturated carbocycles. The van der Waals surface area contributed by atoms with Crippen molar-refractivity contribution in [3.63, 3.8) is 0 Å². The van der Waals surface area contributed by atoms with Gasteiger partial charge in [-0.25, -0.2) is 4.98 Å². The van der Waals surface area contributed by atoms with E-state index in [0.717, 1.165) is 5.56 Å². The number of hydrogen-bond donors (Lipinski definition) is 3. The first-order valence-electron chi connectivity index (χ1n) is 7.69. The van der Waals surface area contributed by atoms with E-state index < -0.39 is 11.4 Å². The normalized spacial score (nSPS) is 13.5. The fraction of sp³-hybridized carbons (Fsp3) is 0.167. The van der Waals surface area contributed by atoms with Crippen LogP contribution in [0.2, 0.25) is 5.02 Å². The lowest BCUT2D eigenvalue weighted by Gasteiger charge is -2.28. The average molecular weight is 357 g/mol. The molecular formula is C18H17ClN4O2. The molecule has 2 aromatic carbocycles. The van der Waals surface area contributed by atoms with Gasteiger partial charge in [0.1, 0.15) is 11.4 Å². The predicted molar refractivity (Wildman–Crippen MR) is 97.2 cm³/mol. The second kappa shape index (κ2) is 6.66. The van der Waals surface area contributed by atoms with Crippen molar-refractivity contribution in [3.8, 4) is 0 Å². The molecular weight excluding hydrogens is 340 g/mol. The highest BCUT2D eigenvalue weighted by Gasteiger charge is 2.32. The molecule has 0 radical (unpaired) electrons. The number of primary amides is 1. The van der Waals surface area contributed by atoms with Gasteiger partial charge < -0.3 is 10.7 Å². The summed E-state index contributed by atoms with van der Waals surface area (Å²) in [7, 11) is 0. The summed E-state index contributed by atoms with van der Waals surface area (Å²) in [5, 5.41) is 4.04. The molecule has 0 spiro atoms. The molecule has 0 aliphatic heterocycles. The van der Waals surface area contributed by atoms with Crippen LogP contribution < -0.4 is 16.6 Å². The third-order valence-corrected chi connectivity index (χ3v) is 4.41. The van der Waals surface area contributed by atoms with E-state index in [1.807, 2.05) is 30.3 Å². The number of nitrogens with zero attached hydrogens (tertiary/aromatic N) is 1. The minimum Gasteiger partial charge on any atom is -0.368 e. The van der Waals surface area contributed by atoms with Crippen LogP contribution in [-0.2, 0) is 16.9 Å². The summed E-state index contributed by atoms with van der Waals surface area (Å²) in [6.45, 7) is 1.85. The molecule has 0 bridgehead atoms. The lowest BCUT2D eigenvalue weighted by molar-refractivity contribution is -0.124. The largest absolute Gasteiger partial charge is 0.368 e. The molecule has 0 aliphatic carbocycles. The fourth-order valence-electron chi connectivity index (χ4n) is 2.61.